The molecule has 0 bridgehead atoms. The lowest BCUT2D eigenvalue weighted by Gasteiger charge is -2.11. The zero-order chi connectivity index (χ0) is 9.84. The van der Waals surface area contributed by atoms with Gasteiger partial charge < -0.3 is 0 Å². The molecular weight excluding hydrogens is 160 g/mol. The number of benzene rings is 1. The van der Waals surface area contributed by atoms with Crippen LogP contribution in [0.5, 0.6) is 0 Å². The average molecular weight is 176 g/mol. The molecule has 0 unspecified atom stereocenters. The predicted molar refractivity (Wildman–Crippen MR) is 55.3 cm³/mol. The average Bonchev–Trinajstić information content (AvgIpc) is 2.17. The minimum atomic E-state index is 0.852. The minimum Gasteiger partial charge on any atom is -0.298 e. The predicted octanol–water partition coefficient (Wildman–Crippen LogP) is 2.93. The third kappa shape index (κ3) is 1.80. The maximum absolute atomic E-state index is 10.8. The summed E-state index contributed by atoms with van der Waals surface area (Å²) in [7, 11) is 0. The Balaban J connectivity index is 3.35. The molecule has 0 N–H and O–H groups in total. The first-order valence-electron chi connectivity index (χ1n) is 4.81. The summed E-state index contributed by atoms with van der Waals surface area (Å²) >= 11 is 0. The van der Waals surface area contributed by atoms with Crippen molar-refractivity contribution in [3.63, 3.8) is 0 Å². The van der Waals surface area contributed by atoms with Crippen molar-refractivity contribution in [1.82, 2.24) is 0 Å². The highest BCUT2D eigenvalue weighted by atomic mass is 16.1. The summed E-state index contributed by atoms with van der Waals surface area (Å²) in [4.78, 5) is 10.8. The molecule has 0 atom stereocenters. The maximum atomic E-state index is 10.8. The lowest BCUT2D eigenvalue weighted by atomic mass is 9.94. The summed E-state index contributed by atoms with van der Waals surface area (Å²) in [6.07, 6.45) is 2.91. The minimum absolute atomic E-state index is 0.852. The van der Waals surface area contributed by atoms with E-state index in [-0.39, 0.29) is 0 Å². The van der Waals surface area contributed by atoms with Crippen LogP contribution >= 0.6 is 0 Å². The molecule has 0 heterocycles. The van der Waals surface area contributed by atoms with E-state index in [9.17, 15) is 4.79 Å². The number of hydrogen-bond donors (Lipinski definition) is 0. The number of aryl methyl sites for hydroxylation is 1. The third-order valence-electron chi connectivity index (χ3n) is 2.54. The van der Waals surface area contributed by atoms with Gasteiger partial charge in [-0.3, -0.25) is 4.79 Å². The molecule has 1 aromatic rings. The number of carbonyl (C=O) groups excluding carboxylic acids is 1. The van der Waals surface area contributed by atoms with Crippen LogP contribution in [0, 0.1) is 6.92 Å². The van der Waals surface area contributed by atoms with Gasteiger partial charge in [-0.25, -0.2) is 0 Å². The Hall–Kier alpha value is -1.11. The van der Waals surface area contributed by atoms with Crippen LogP contribution in [0.15, 0.2) is 12.1 Å². The topological polar surface area (TPSA) is 17.1 Å². The van der Waals surface area contributed by atoms with E-state index in [1.165, 1.54) is 16.7 Å². The molecule has 0 spiro atoms. The normalized spacial score (nSPS) is 10.1. The monoisotopic (exact) mass is 176 g/mol. The summed E-state index contributed by atoms with van der Waals surface area (Å²) < 4.78 is 0. The van der Waals surface area contributed by atoms with Crippen LogP contribution in [-0.4, -0.2) is 6.29 Å². The molecular formula is C12H16O. The summed E-state index contributed by atoms with van der Waals surface area (Å²) in [5.41, 5.74) is 4.71. The van der Waals surface area contributed by atoms with Crippen molar-refractivity contribution in [2.45, 2.75) is 33.6 Å². The zero-order valence-electron chi connectivity index (χ0n) is 8.55. The Kier molecular flexibility index (Phi) is 3.24. The van der Waals surface area contributed by atoms with E-state index in [1.807, 2.05) is 12.1 Å². The molecule has 70 valence electrons. The summed E-state index contributed by atoms with van der Waals surface area (Å²) in [5, 5.41) is 0. The molecule has 0 radical (unpaired) electrons. The number of hydrogen-bond acceptors (Lipinski definition) is 1. The Morgan fingerprint density at radius 1 is 1.15 bits per heavy atom. The van der Waals surface area contributed by atoms with Gasteiger partial charge in [-0.15, -0.1) is 0 Å². The van der Waals surface area contributed by atoms with Gasteiger partial charge in [0.2, 0.25) is 0 Å². The van der Waals surface area contributed by atoms with Gasteiger partial charge in [0, 0.05) is 5.56 Å². The van der Waals surface area contributed by atoms with Gasteiger partial charge in [-0.1, -0.05) is 26.0 Å². The first-order chi connectivity index (χ1) is 6.24. The fourth-order valence-corrected chi connectivity index (χ4v) is 1.85. The molecule has 0 aliphatic heterocycles. The third-order valence-corrected chi connectivity index (χ3v) is 2.54. The highest BCUT2D eigenvalue weighted by molar-refractivity contribution is 5.78. The van der Waals surface area contributed by atoms with Crippen molar-refractivity contribution >= 4 is 6.29 Å². The molecule has 1 nitrogen and oxygen atoms in total. The fraction of sp³-hybridized carbons (Fsp3) is 0.417. The van der Waals surface area contributed by atoms with E-state index in [2.05, 4.69) is 20.8 Å². The van der Waals surface area contributed by atoms with Crippen LogP contribution in [0.1, 0.15) is 40.9 Å². The Labute approximate surface area is 79.8 Å². The number of carbonyl (C=O) groups is 1. The van der Waals surface area contributed by atoms with Crippen LogP contribution in [0.2, 0.25) is 0 Å². The first-order valence-corrected chi connectivity index (χ1v) is 4.81. The number of aldehydes is 1. The molecule has 0 aromatic heterocycles. The van der Waals surface area contributed by atoms with Crippen molar-refractivity contribution in [1.29, 1.82) is 0 Å². The molecule has 0 saturated heterocycles. The van der Waals surface area contributed by atoms with Crippen molar-refractivity contribution in [3.05, 3.63) is 34.4 Å². The second kappa shape index (κ2) is 4.22. The fourth-order valence-electron chi connectivity index (χ4n) is 1.85. The Bertz CT molecular complexity index is 313. The molecule has 0 amide bonds. The Morgan fingerprint density at radius 3 is 2.23 bits per heavy atom. The van der Waals surface area contributed by atoms with Crippen molar-refractivity contribution < 1.29 is 4.79 Å². The molecule has 1 rings (SSSR count). The van der Waals surface area contributed by atoms with Crippen LogP contribution in [-0.2, 0) is 12.8 Å². The standard InChI is InChI=1S/C12H16O/c1-4-11-9(3)6-7-10(8-13)12(11)5-2/h6-8H,4-5H2,1-3H3. The lowest BCUT2D eigenvalue weighted by Crippen LogP contribution is -1.99. The largest absolute Gasteiger partial charge is 0.298 e. The van der Waals surface area contributed by atoms with Crippen LogP contribution in [0.4, 0.5) is 0 Å². The van der Waals surface area contributed by atoms with E-state index in [1.54, 1.807) is 0 Å². The van der Waals surface area contributed by atoms with E-state index < -0.39 is 0 Å². The van der Waals surface area contributed by atoms with Crippen molar-refractivity contribution in [3.8, 4) is 0 Å². The van der Waals surface area contributed by atoms with Gasteiger partial charge in [0.25, 0.3) is 0 Å². The van der Waals surface area contributed by atoms with Gasteiger partial charge in [0.15, 0.2) is 0 Å². The second-order valence-electron chi connectivity index (χ2n) is 3.25. The molecule has 0 fully saturated rings. The van der Waals surface area contributed by atoms with Gasteiger partial charge in [-0.05, 0) is 36.5 Å². The number of rotatable bonds is 3. The first kappa shape index (κ1) is 9.97. The van der Waals surface area contributed by atoms with Crippen LogP contribution < -0.4 is 0 Å². The van der Waals surface area contributed by atoms with E-state index >= 15 is 0 Å². The zero-order valence-corrected chi connectivity index (χ0v) is 8.55. The summed E-state index contributed by atoms with van der Waals surface area (Å²) in [5.74, 6) is 0. The lowest BCUT2D eigenvalue weighted by molar-refractivity contribution is 0.112. The maximum Gasteiger partial charge on any atom is 0.150 e. The van der Waals surface area contributed by atoms with Crippen molar-refractivity contribution in [2.24, 2.45) is 0 Å². The van der Waals surface area contributed by atoms with E-state index in [4.69, 9.17) is 0 Å². The Morgan fingerprint density at radius 2 is 1.77 bits per heavy atom. The van der Waals surface area contributed by atoms with E-state index in [0.717, 1.165) is 24.7 Å². The van der Waals surface area contributed by atoms with Gasteiger partial charge in [0.1, 0.15) is 6.29 Å². The van der Waals surface area contributed by atoms with Gasteiger partial charge in [0.05, 0.1) is 0 Å². The second-order valence-corrected chi connectivity index (χ2v) is 3.25. The van der Waals surface area contributed by atoms with Gasteiger partial charge in [-0.2, -0.15) is 0 Å². The molecule has 1 heteroatoms. The smallest absolute Gasteiger partial charge is 0.150 e. The highest BCUT2D eigenvalue weighted by Gasteiger charge is 2.06. The molecule has 0 aliphatic carbocycles. The van der Waals surface area contributed by atoms with E-state index in [0.29, 0.717) is 0 Å². The molecule has 0 saturated carbocycles. The van der Waals surface area contributed by atoms with Crippen LogP contribution in [0.3, 0.4) is 0 Å². The van der Waals surface area contributed by atoms with Crippen molar-refractivity contribution in [2.75, 3.05) is 0 Å². The molecule has 0 aliphatic rings. The quantitative estimate of drug-likeness (QED) is 0.647. The highest BCUT2D eigenvalue weighted by Crippen LogP contribution is 2.19. The van der Waals surface area contributed by atoms with Gasteiger partial charge >= 0.3 is 0 Å². The summed E-state index contributed by atoms with van der Waals surface area (Å²) in [6, 6.07) is 3.95. The molecule has 13 heavy (non-hydrogen) atoms. The molecule has 1 aromatic carbocycles. The summed E-state index contributed by atoms with van der Waals surface area (Å²) in [6.45, 7) is 6.34. The van der Waals surface area contributed by atoms with Crippen LogP contribution in [0.25, 0.3) is 0 Å². The SMILES string of the molecule is CCc1c(C)ccc(C=O)c1CC.